The van der Waals surface area contributed by atoms with Crippen molar-refractivity contribution in [2.45, 2.75) is 110 Å². The molecule has 1 aliphatic carbocycles. The van der Waals surface area contributed by atoms with Gasteiger partial charge in [0, 0.05) is 44.0 Å². The fraction of sp³-hybridized carbons (Fsp3) is 0.682. The summed E-state index contributed by atoms with van der Waals surface area (Å²) in [6.45, 7) is 17.1. The average Bonchev–Trinajstić information content (AvgIpc) is 3.14. The normalized spacial score (nSPS) is 18.2. The number of rotatable bonds is 24. The fourth-order valence-electron chi connectivity index (χ4n) is 7.98. The van der Waals surface area contributed by atoms with Gasteiger partial charge in [-0.3, -0.25) is 9.59 Å². The van der Waals surface area contributed by atoms with Crippen LogP contribution < -0.4 is 9.47 Å². The van der Waals surface area contributed by atoms with Crippen LogP contribution in [0.15, 0.2) is 48.5 Å². The lowest BCUT2D eigenvalue weighted by Crippen LogP contribution is -2.72. The largest absolute Gasteiger partial charge is 0.491 e. The van der Waals surface area contributed by atoms with Crippen molar-refractivity contribution in [1.82, 2.24) is 0 Å². The number of ether oxygens (including phenoxy) is 7. The molecule has 0 aliphatic heterocycles. The number of ketones is 2. The van der Waals surface area contributed by atoms with E-state index < -0.39 is 28.1 Å². The van der Waals surface area contributed by atoms with Crippen LogP contribution in [0, 0.1) is 17.3 Å². The predicted octanol–water partition coefficient (Wildman–Crippen LogP) is 7.39. The number of methoxy groups -OCH3 is 3. The second-order valence-corrected chi connectivity index (χ2v) is 16.5. The van der Waals surface area contributed by atoms with E-state index in [-0.39, 0.29) is 42.7 Å². The Hall–Kier alpha value is -2.86. The van der Waals surface area contributed by atoms with E-state index in [1.807, 2.05) is 38.1 Å². The molecule has 2 aromatic rings. The van der Waals surface area contributed by atoms with Crippen LogP contribution in [0.25, 0.3) is 0 Å². The maximum Gasteiger partial charge on any atom is 0.182 e. The number of carbonyl (C=O) groups is 2. The van der Waals surface area contributed by atoms with E-state index >= 15 is 0 Å². The third-order valence-electron chi connectivity index (χ3n) is 11.5. The monoisotopic (exact) mass is 756 g/mol. The molecule has 1 saturated carbocycles. The molecule has 1 fully saturated rings. The Balaban J connectivity index is 1.82. The molecule has 1 unspecified atom stereocenters. The zero-order chi connectivity index (χ0) is 40.2. The molecular formula is C44H68O10. The number of hydrogen-bond donors (Lipinski definition) is 1. The smallest absolute Gasteiger partial charge is 0.182 e. The SMILES string of the molecule is CCC(COC)(COC)COC(C)(C)C(OCCOc1ccc(C(C)(C)c2ccc(OCCOC)cc2)cc1)(C(=O)C1CCC(C(C)=O)CC1)C(C)(C)O. The van der Waals surface area contributed by atoms with Crippen molar-refractivity contribution in [1.29, 1.82) is 0 Å². The lowest BCUT2D eigenvalue weighted by Gasteiger charge is -2.53. The van der Waals surface area contributed by atoms with Gasteiger partial charge in [-0.25, -0.2) is 0 Å². The molecule has 0 spiro atoms. The third kappa shape index (κ3) is 10.9. The van der Waals surface area contributed by atoms with E-state index in [9.17, 15) is 14.7 Å². The minimum Gasteiger partial charge on any atom is -0.491 e. The standard InChI is InChI=1S/C44H68O10/c1-12-43(29-49-10,30-50-11)31-54-42(7,8)44(41(5,6)47,39(46)34-15-13-33(14-16-34)32(2)45)53-28-27-52-38-23-19-36(20-24-38)40(3,4)35-17-21-37(22-18-35)51-26-25-48-9/h17-24,33-34,47H,12-16,25-31H2,1-11H3. The van der Waals surface area contributed by atoms with E-state index in [1.165, 1.54) is 0 Å². The zero-order valence-electron chi connectivity index (χ0n) is 34.9. The van der Waals surface area contributed by atoms with Crippen LogP contribution >= 0.6 is 0 Å². The summed E-state index contributed by atoms with van der Waals surface area (Å²) in [5.41, 5.74) is -3.18. The van der Waals surface area contributed by atoms with Crippen molar-refractivity contribution in [2.75, 3.05) is 67.6 Å². The van der Waals surface area contributed by atoms with Crippen molar-refractivity contribution >= 4 is 11.6 Å². The summed E-state index contributed by atoms with van der Waals surface area (Å²) < 4.78 is 41.5. The number of hydrogen-bond acceptors (Lipinski definition) is 10. The fourth-order valence-corrected chi connectivity index (χ4v) is 7.98. The topological polar surface area (TPSA) is 119 Å². The molecule has 0 aromatic heterocycles. The number of aliphatic hydroxyl groups is 1. The third-order valence-corrected chi connectivity index (χ3v) is 11.5. The summed E-state index contributed by atoms with van der Waals surface area (Å²) in [5, 5.41) is 12.0. The molecule has 1 aliphatic rings. The zero-order valence-corrected chi connectivity index (χ0v) is 34.9. The maximum absolute atomic E-state index is 14.9. The molecule has 10 nitrogen and oxygen atoms in total. The van der Waals surface area contributed by atoms with Gasteiger partial charge >= 0.3 is 0 Å². The number of Topliss-reactive ketones (excluding diaryl/α,β-unsaturated/α-hetero) is 2. The molecule has 2 aromatic carbocycles. The summed E-state index contributed by atoms with van der Waals surface area (Å²) in [6, 6.07) is 16.1. The minimum atomic E-state index is -1.77. The van der Waals surface area contributed by atoms with Gasteiger partial charge in [0.25, 0.3) is 0 Å². The predicted molar refractivity (Wildman–Crippen MR) is 211 cm³/mol. The molecule has 0 bridgehead atoms. The van der Waals surface area contributed by atoms with Crippen LogP contribution in [0.3, 0.4) is 0 Å². The Morgan fingerprint density at radius 1 is 0.648 bits per heavy atom. The Labute approximate surface area is 324 Å². The van der Waals surface area contributed by atoms with E-state index in [2.05, 4.69) is 45.0 Å². The van der Waals surface area contributed by atoms with E-state index in [1.54, 1.807) is 42.1 Å². The van der Waals surface area contributed by atoms with Crippen LogP contribution in [0.5, 0.6) is 11.5 Å². The van der Waals surface area contributed by atoms with Gasteiger partial charge in [0.15, 0.2) is 11.4 Å². The lowest BCUT2D eigenvalue weighted by molar-refractivity contribution is -0.262. The molecule has 0 heterocycles. The quantitative estimate of drug-likeness (QED) is 0.109. The Morgan fingerprint density at radius 3 is 1.52 bits per heavy atom. The average molecular weight is 757 g/mol. The van der Waals surface area contributed by atoms with E-state index in [0.29, 0.717) is 64.3 Å². The molecule has 0 saturated heterocycles. The maximum atomic E-state index is 14.9. The molecule has 304 valence electrons. The first-order valence-electron chi connectivity index (χ1n) is 19.4. The van der Waals surface area contributed by atoms with Gasteiger partial charge in [-0.2, -0.15) is 0 Å². The van der Waals surface area contributed by atoms with Crippen LogP contribution in [0.2, 0.25) is 0 Å². The van der Waals surface area contributed by atoms with Crippen LogP contribution in [-0.4, -0.2) is 101 Å². The van der Waals surface area contributed by atoms with Crippen LogP contribution in [0.1, 0.15) is 98.6 Å². The second-order valence-electron chi connectivity index (χ2n) is 16.5. The van der Waals surface area contributed by atoms with Gasteiger partial charge in [0.1, 0.15) is 36.1 Å². The van der Waals surface area contributed by atoms with Crippen molar-refractivity contribution in [3.63, 3.8) is 0 Å². The van der Waals surface area contributed by atoms with Crippen molar-refractivity contribution in [3.05, 3.63) is 59.7 Å². The highest BCUT2D eigenvalue weighted by Crippen LogP contribution is 2.45. The summed E-state index contributed by atoms with van der Waals surface area (Å²) in [5.74, 6) is 0.928. The Bertz CT molecular complexity index is 1430. The first kappa shape index (κ1) is 45.5. The van der Waals surface area contributed by atoms with Crippen LogP contribution in [0.4, 0.5) is 0 Å². The van der Waals surface area contributed by atoms with Crippen molar-refractivity contribution < 1.29 is 47.9 Å². The molecule has 0 amide bonds. The number of benzene rings is 2. The number of carbonyl (C=O) groups excluding carboxylic acids is 2. The second kappa shape index (κ2) is 19.8. The summed E-state index contributed by atoms with van der Waals surface area (Å²) in [7, 11) is 4.94. The molecule has 1 N–H and O–H groups in total. The Morgan fingerprint density at radius 2 is 1.11 bits per heavy atom. The Kier molecular flexibility index (Phi) is 16.7. The highest BCUT2D eigenvalue weighted by Gasteiger charge is 2.63. The van der Waals surface area contributed by atoms with E-state index in [4.69, 9.17) is 33.2 Å². The van der Waals surface area contributed by atoms with Gasteiger partial charge in [-0.1, -0.05) is 45.0 Å². The van der Waals surface area contributed by atoms with Gasteiger partial charge in [-0.15, -0.1) is 0 Å². The first-order chi connectivity index (χ1) is 25.4. The summed E-state index contributed by atoms with van der Waals surface area (Å²) >= 11 is 0. The molecule has 1 atom stereocenters. The van der Waals surface area contributed by atoms with Gasteiger partial charge in [-0.05, 0) is 102 Å². The molecule has 0 radical (unpaired) electrons. The summed E-state index contributed by atoms with van der Waals surface area (Å²) in [6.07, 6.45) is 3.04. The van der Waals surface area contributed by atoms with Crippen molar-refractivity contribution in [3.8, 4) is 11.5 Å². The lowest BCUT2D eigenvalue weighted by atomic mass is 9.64. The van der Waals surface area contributed by atoms with Gasteiger partial charge < -0.3 is 38.3 Å². The first-order valence-corrected chi connectivity index (χ1v) is 19.4. The van der Waals surface area contributed by atoms with Crippen LogP contribution in [-0.2, 0) is 38.7 Å². The van der Waals surface area contributed by atoms with Gasteiger partial charge in [0.05, 0.1) is 38.6 Å². The molecule has 10 heteroatoms. The van der Waals surface area contributed by atoms with E-state index in [0.717, 1.165) is 16.9 Å². The minimum absolute atomic E-state index is 0.0203. The highest BCUT2D eigenvalue weighted by molar-refractivity contribution is 5.92. The molecule has 54 heavy (non-hydrogen) atoms. The highest BCUT2D eigenvalue weighted by atomic mass is 16.6. The molecule has 3 rings (SSSR count). The summed E-state index contributed by atoms with van der Waals surface area (Å²) in [4.78, 5) is 27.0. The van der Waals surface area contributed by atoms with Gasteiger partial charge in [0.2, 0.25) is 0 Å². The molecular weight excluding hydrogens is 688 g/mol. The van der Waals surface area contributed by atoms with Crippen molar-refractivity contribution in [2.24, 2.45) is 17.3 Å².